The monoisotopic (exact) mass is 208 g/mol. The Balaban J connectivity index is 1.92. The van der Waals surface area contributed by atoms with Crippen LogP contribution in [0, 0.1) is 0 Å². The van der Waals surface area contributed by atoms with Crippen LogP contribution in [0.5, 0.6) is 5.75 Å². The summed E-state index contributed by atoms with van der Waals surface area (Å²) in [5.41, 5.74) is 0. The number of benzene rings is 1. The highest BCUT2D eigenvalue weighted by molar-refractivity contribution is 5.72. The van der Waals surface area contributed by atoms with Crippen molar-refractivity contribution in [2.45, 2.75) is 19.3 Å². The van der Waals surface area contributed by atoms with Gasteiger partial charge >= 0.3 is 5.97 Å². The van der Waals surface area contributed by atoms with E-state index in [0.717, 1.165) is 5.75 Å². The van der Waals surface area contributed by atoms with Gasteiger partial charge in [-0.3, -0.25) is 0 Å². The van der Waals surface area contributed by atoms with Crippen LogP contribution in [0.2, 0.25) is 0 Å². The van der Waals surface area contributed by atoms with Gasteiger partial charge in [-0.05, 0) is 19.1 Å². The number of esters is 1. The third-order valence-electron chi connectivity index (χ3n) is 2.06. The third kappa shape index (κ3) is 2.47. The summed E-state index contributed by atoms with van der Waals surface area (Å²) in [6, 6.07) is 9.34. The van der Waals surface area contributed by atoms with Gasteiger partial charge in [-0.15, -0.1) is 0 Å². The summed E-state index contributed by atoms with van der Waals surface area (Å²) in [7, 11) is 0. The molecule has 1 saturated heterocycles. The Morgan fingerprint density at radius 1 is 1.40 bits per heavy atom. The first-order valence-electron chi connectivity index (χ1n) is 4.78. The first-order chi connectivity index (χ1) is 7.25. The Labute approximate surface area is 87.8 Å². The van der Waals surface area contributed by atoms with Crippen molar-refractivity contribution in [1.29, 1.82) is 0 Å². The molecule has 0 saturated carbocycles. The van der Waals surface area contributed by atoms with E-state index in [9.17, 15) is 4.79 Å². The molecule has 0 aromatic heterocycles. The Morgan fingerprint density at radius 3 is 2.73 bits per heavy atom. The highest BCUT2D eigenvalue weighted by Gasteiger charge is 2.30. The summed E-state index contributed by atoms with van der Waals surface area (Å²) in [5, 5.41) is 0. The number of ether oxygens (including phenoxy) is 3. The maximum Gasteiger partial charge on any atom is 0.334 e. The van der Waals surface area contributed by atoms with Crippen molar-refractivity contribution in [1.82, 2.24) is 0 Å². The quantitative estimate of drug-likeness (QED) is 0.703. The molecule has 0 bridgehead atoms. The molecule has 2 atom stereocenters. The van der Waals surface area contributed by atoms with Crippen molar-refractivity contribution >= 4 is 5.97 Å². The molecule has 0 N–H and O–H groups in total. The van der Waals surface area contributed by atoms with E-state index >= 15 is 0 Å². The Bertz CT molecular complexity index is 336. The first-order valence-corrected chi connectivity index (χ1v) is 4.78. The molecule has 4 heteroatoms. The molecule has 1 fully saturated rings. The van der Waals surface area contributed by atoms with Crippen molar-refractivity contribution in [3.05, 3.63) is 30.3 Å². The molecule has 0 radical (unpaired) electrons. The van der Waals surface area contributed by atoms with Crippen LogP contribution < -0.4 is 4.74 Å². The minimum Gasteiger partial charge on any atom is -0.484 e. The second-order valence-corrected chi connectivity index (χ2v) is 3.31. The van der Waals surface area contributed by atoms with E-state index in [4.69, 9.17) is 14.2 Å². The minimum atomic E-state index is -0.599. The summed E-state index contributed by atoms with van der Waals surface area (Å²) in [5.74, 6) is 0.389. The van der Waals surface area contributed by atoms with Crippen LogP contribution in [0.4, 0.5) is 0 Å². The number of carbonyl (C=O) groups excluding carboxylic acids is 1. The number of hydrogen-bond acceptors (Lipinski definition) is 4. The first kappa shape index (κ1) is 9.98. The van der Waals surface area contributed by atoms with Crippen LogP contribution in [0.25, 0.3) is 0 Å². The molecular weight excluding hydrogens is 196 g/mol. The minimum absolute atomic E-state index is 0.00710. The zero-order valence-corrected chi connectivity index (χ0v) is 8.38. The van der Waals surface area contributed by atoms with Crippen LogP contribution in [0.15, 0.2) is 30.3 Å². The molecule has 4 nitrogen and oxygen atoms in total. The topological polar surface area (TPSA) is 44.8 Å². The zero-order chi connectivity index (χ0) is 10.7. The number of cyclic esters (lactones) is 1. The fourth-order valence-corrected chi connectivity index (χ4v) is 1.35. The highest BCUT2D eigenvalue weighted by atomic mass is 16.8. The molecule has 1 aromatic carbocycles. The molecule has 1 aliphatic heterocycles. The predicted octanol–water partition coefficient (Wildman–Crippen LogP) is 1.35. The van der Waals surface area contributed by atoms with Gasteiger partial charge in [0.15, 0.2) is 6.10 Å². The summed E-state index contributed by atoms with van der Waals surface area (Å²) in [6.45, 7) is 1.81. The van der Waals surface area contributed by atoms with Crippen molar-refractivity contribution < 1.29 is 19.0 Å². The van der Waals surface area contributed by atoms with E-state index < -0.39 is 6.29 Å². The van der Waals surface area contributed by atoms with Crippen molar-refractivity contribution in [3.63, 3.8) is 0 Å². The van der Waals surface area contributed by atoms with Gasteiger partial charge in [0.05, 0.1) is 0 Å². The summed E-state index contributed by atoms with van der Waals surface area (Å²) in [4.78, 5) is 10.8. The van der Waals surface area contributed by atoms with Gasteiger partial charge in [0.2, 0.25) is 6.29 Å². The van der Waals surface area contributed by atoms with E-state index in [-0.39, 0.29) is 18.7 Å². The molecule has 0 aliphatic carbocycles. The maximum atomic E-state index is 10.8. The van der Waals surface area contributed by atoms with Gasteiger partial charge in [0.25, 0.3) is 0 Å². The number of carbonyl (C=O) groups is 1. The lowest BCUT2D eigenvalue weighted by atomic mass is 10.3. The van der Waals surface area contributed by atoms with Crippen LogP contribution in [0.1, 0.15) is 6.92 Å². The van der Waals surface area contributed by atoms with Gasteiger partial charge in [-0.25, -0.2) is 4.79 Å². The van der Waals surface area contributed by atoms with Gasteiger partial charge in [0.1, 0.15) is 12.4 Å². The number of rotatable bonds is 3. The molecule has 2 unspecified atom stereocenters. The van der Waals surface area contributed by atoms with Crippen LogP contribution in [0.3, 0.4) is 0 Å². The summed E-state index contributed by atoms with van der Waals surface area (Å²) < 4.78 is 15.6. The largest absolute Gasteiger partial charge is 0.484 e. The second-order valence-electron chi connectivity index (χ2n) is 3.31. The molecule has 1 aromatic rings. The molecule has 80 valence electrons. The van der Waals surface area contributed by atoms with Crippen molar-refractivity contribution in [3.8, 4) is 5.75 Å². The van der Waals surface area contributed by atoms with Crippen LogP contribution >= 0.6 is 0 Å². The smallest absolute Gasteiger partial charge is 0.334 e. The van der Waals surface area contributed by atoms with Crippen molar-refractivity contribution in [2.75, 3.05) is 6.61 Å². The fourth-order valence-electron chi connectivity index (χ4n) is 1.35. The highest BCUT2D eigenvalue weighted by Crippen LogP contribution is 2.17. The Hall–Kier alpha value is -1.55. The Morgan fingerprint density at radius 2 is 2.13 bits per heavy atom. The predicted molar refractivity (Wildman–Crippen MR) is 52.4 cm³/mol. The lowest BCUT2D eigenvalue weighted by Gasteiger charge is -2.18. The number of para-hydroxylation sites is 1. The standard InChI is InChI=1S/C11H12O4/c1-8(11-13-7-10(12)15-11)14-9-5-3-2-4-6-9/h2-6,8,11H,7H2,1H3. The molecule has 2 rings (SSSR count). The van der Waals surface area contributed by atoms with Crippen molar-refractivity contribution in [2.24, 2.45) is 0 Å². The molecular formula is C11H12O4. The molecule has 1 heterocycles. The third-order valence-corrected chi connectivity index (χ3v) is 2.06. The molecule has 0 amide bonds. The van der Waals surface area contributed by atoms with Gasteiger partial charge in [0, 0.05) is 0 Å². The lowest BCUT2D eigenvalue weighted by molar-refractivity contribution is -0.151. The number of hydrogen-bond donors (Lipinski definition) is 0. The van der Waals surface area contributed by atoms with Crippen LogP contribution in [-0.4, -0.2) is 25.0 Å². The van der Waals surface area contributed by atoms with E-state index in [1.807, 2.05) is 30.3 Å². The van der Waals surface area contributed by atoms with E-state index in [0.29, 0.717) is 0 Å². The normalized spacial score (nSPS) is 22.2. The molecule has 1 aliphatic rings. The zero-order valence-electron chi connectivity index (χ0n) is 8.38. The van der Waals surface area contributed by atoms with E-state index in [1.54, 1.807) is 6.92 Å². The Kier molecular flexibility index (Phi) is 2.87. The lowest BCUT2D eigenvalue weighted by Crippen LogP contribution is -2.29. The van der Waals surface area contributed by atoms with E-state index in [2.05, 4.69) is 0 Å². The summed E-state index contributed by atoms with van der Waals surface area (Å²) >= 11 is 0. The van der Waals surface area contributed by atoms with Gasteiger partial charge < -0.3 is 14.2 Å². The fraction of sp³-hybridized carbons (Fsp3) is 0.364. The second kappa shape index (κ2) is 4.31. The SMILES string of the molecule is CC(Oc1ccccc1)C1OCC(=O)O1. The summed E-state index contributed by atoms with van der Waals surface area (Å²) in [6.07, 6.45) is -0.906. The molecule has 15 heavy (non-hydrogen) atoms. The van der Waals surface area contributed by atoms with E-state index in [1.165, 1.54) is 0 Å². The van der Waals surface area contributed by atoms with Gasteiger partial charge in [-0.1, -0.05) is 18.2 Å². The maximum absolute atomic E-state index is 10.8. The van der Waals surface area contributed by atoms with Crippen LogP contribution in [-0.2, 0) is 14.3 Å². The average Bonchev–Trinajstić information content (AvgIpc) is 2.66. The van der Waals surface area contributed by atoms with Gasteiger partial charge in [-0.2, -0.15) is 0 Å². The average molecular weight is 208 g/mol. The molecule has 0 spiro atoms.